The van der Waals surface area contributed by atoms with Crippen LogP contribution in [0.15, 0.2) is 36.7 Å². The summed E-state index contributed by atoms with van der Waals surface area (Å²) in [6.45, 7) is 2.13. The van der Waals surface area contributed by atoms with Crippen molar-refractivity contribution in [2.24, 2.45) is 5.92 Å². The first-order valence-electron chi connectivity index (χ1n) is 6.45. The molecule has 17 heavy (non-hydrogen) atoms. The van der Waals surface area contributed by atoms with Gasteiger partial charge in [-0.1, -0.05) is 25.0 Å². The summed E-state index contributed by atoms with van der Waals surface area (Å²) in [5, 5.41) is 6.02. The predicted molar refractivity (Wildman–Crippen MR) is 70.8 cm³/mol. The Morgan fingerprint density at radius 1 is 1.18 bits per heavy atom. The lowest BCUT2D eigenvalue weighted by molar-refractivity contribution is 0.613. The van der Waals surface area contributed by atoms with Crippen LogP contribution in [0.1, 0.15) is 24.8 Å². The molecule has 0 radical (unpaired) electrons. The Kier molecular flexibility index (Phi) is 3.06. The summed E-state index contributed by atoms with van der Waals surface area (Å²) < 4.78 is 0. The second-order valence-electron chi connectivity index (χ2n) is 4.97. The topological polar surface area (TPSA) is 24.9 Å². The Morgan fingerprint density at radius 3 is 3.00 bits per heavy atom. The van der Waals surface area contributed by atoms with E-state index >= 15 is 0 Å². The van der Waals surface area contributed by atoms with Crippen LogP contribution in [-0.4, -0.2) is 11.5 Å². The standard InChI is InChI=1S/C15H18N2/c1-2-12(1)5-7-16-10-13-3-4-15-11-17-8-6-14(15)9-13/h3-4,6,8-9,11-12,16H,1-2,5,7,10H2. The minimum absolute atomic E-state index is 0.977. The summed E-state index contributed by atoms with van der Waals surface area (Å²) in [4.78, 5) is 4.13. The molecule has 1 aliphatic rings. The highest BCUT2D eigenvalue weighted by molar-refractivity contribution is 5.81. The van der Waals surface area contributed by atoms with E-state index in [9.17, 15) is 0 Å². The van der Waals surface area contributed by atoms with Crippen LogP contribution in [0.2, 0.25) is 0 Å². The van der Waals surface area contributed by atoms with Crippen molar-refractivity contribution in [3.05, 3.63) is 42.2 Å². The van der Waals surface area contributed by atoms with E-state index in [0.29, 0.717) is 0 Å². The molecule has 0 unspecified atom stereocenters. The minimum Gasteiger partial charge on any atom is -0.313 e. The van der Waals surface area contributed by atoms with Gasteiger partial charge in [0, 0.05) is 24.3 Å². The van der Waals surface area contributed by atoms with Crippen LogP contribution in [0.3, 0.4) is 0 Å². The van der Waals surface area contributed by atoms with E-state index in [0.717, 1.165) is 19.0 Å². The normalized spacial score (nSPS) is 15.3. The van der Waals surface area contributed by atoms with Gasteiger partial charge in [-0.15, -0.1) is 0 Å². The van der Waals surface area contributed by atoms with Crippen molar-refractivity contribution in [1.82, 2.24) is 10.3 Å². The maximum Gasteiger partial charge on any atom is 0.0346 e. The summed E-state index contributed by atoms with van der Waals surface area (Å²) >= 11 is 0. The molecule has 1 fully saturated rings. The molecule has 1 aromatic carbocycles. The third-order valence-corrected chi connectivity index (χ3v) is 3.46. The van der Waals surface area contributed by atoms with Crippen molar-refractivity contribution in [2.75, 3.05) is 6.54 Å². The molecule has 2 nitrogen and oxygen atoms in total. The van der Waals surface area contributed by atoms with Crippen LogP contribution in [0.25, 0.3) is 10.8 Å². The number of hydrogen-bond donors (Lipinski definition) is 1. The third kappa shape index (κ3) is 2.83. The quantitative estimate of drug-likeness (QED) is 0.792. The molecule has 1 aliphatic carbocycles. The molecule has 1 heterocycles. The van der Waals surface area contributed by atoms with E-state index in [-0.39, 0.29) is 0 Å². The van der Waals surface area contributed by atoms with Gasteiger partial charge in [0.15, 0.2) is 0 Å². The summed E-state index contributed by atoms with van der Waals surface area (Å²) in [7, 11) is 0. The number of aromatic nitrogens is 1. The highest BCUT2D eigenvalue weighted by Gasteiger charge is 2.19. The summed E-state index contributed by atoms with van der Waals surface area (Å²) in [5.41, 5.74) is 1.36. The first kappa shape index (κ1) is 10.7. The smallest absolute Gasteiger partial charge is 0.0346 e. The Labute approximate surface area is 102 Å². The van der Waals surface area contributed by atoms with E-state index in [1.54, 1.807) is 0 Å². The molecule has 1 aromatic heterocycles. The fourth-order valence-corrected chi connectivity index (χ4v) is 2.19. The Morgan fingerprint density at radius 2 is 2.12 bits per heavy atom. The molecule has 1 N–H and O–H groups in total. The van der Waals surface area contributed by atoms with Crippen LogP contribution in [0, 0.1) is 5.92 Å². The minimum atomic E-state index is 0.977. The SMILES string of the molecule is c1cc2cc(CNCCC3CC3)ccc2cn1. The fraction of sp³-hybridized carbons (Fsp3) is 0.400. The van der Waals surface area contributed by atoms with Crippen molar-refractivity contribution in [1.29, 1.82) is 0 Å². The largest absolute Gasteiger partial charge is 0.313 e. The molecule has 3 rings (SSSR count). The van der Waals surface area contributed by atoms with Crippen molar-refractivity contribution < 1.29 is 0 Å². The molecule has 2 aromatic rings. The van der Waals surface area contributed by atoms with E-state index in [1.165, 1.54) is 35.6 Å². The molecule has 0 bridgehead atoms. The summed E-state index contributed by atoms with van der Waals surface area (Å²) in [5.74, 6) is 1.02. The van der Waals surface area contributed by atoms with Gasteiger partial charge in [-0.05, 0) is 42.0 Å². The van der Waals surface area contributed by atoms with Crippen LogP contribution in [0.4, 0.5) is 0 Å². The lowest BCUT2D eigenvalue weighted by Crippen LogP contribution is -2.15. The Bertz CT molecular complexity index is 503. The number of pyridine rings is 1. The van der Waals surface area contributed by atoms with Gasteiger partial charge >= 0.3 is 0 Å². The molecular weight excluding hydrogens is 208 g/mol. The second kappa shape index (κ2) is 4.84. The molecule has 1 saturated carbocycles. The maximum atomic E-state index is 4.13. The van der Waals surface area contributed by atoms with Gasteiger partial charge in [0.05, 0.1) is 0 Å². The Hall–Kier alpha value is -1.41. The van der Waals surface area contributed by atoms with Crippen LogP contribution in [0.5, 0.6) is 0 Å². The van der Waals surface area contributed by atoms with Gasteiger partial charge in [0.25, 0.3) is 0 Å². The molecule has 0 spiro atoms. The van der Waals surface area contributed by atoms with Gasteiger partial charge in [0.2, 0.25) is 0 Å². The predicted octanol–water partition coefficient (Wildman–Crippen LogP) is 3.12. The van der Waals surface area contributed by atoms with Crippen LogP contribution in [-0.2, 0) is 6.54 Å². The van der Waals surface area contributed by atoms with E-state index in [1.807, 2.05) is 12.4 Å². The summed E-state index contributed by atoms with van der Waals surface area (Å²) in [6.07, 6.45) is 8.01. The number of rotatable bonds is 5. The van der Waals surface area contributed by atoms with E-state index < -0.39 is 0 Å². The second-order valence-corrected chi connectivity index (χ2v) is 4.97. The highest BCUT2D eigenvalue weighted by Crippen LogP contribution is 2.31. The lowest BCUT2D eigenvalue weighted by Gasteiger charge is -2.05. The molecule has 0 amide bonds. The molecule has 0 saturated heterocycles. The van der Waals surface area contributed by atoms with Crippen LogP contribution < -0.4 is 5.32 Å². The number of nitrogens with one attached hydrogen (secondary N) is 1. The zero-order valence-electron chi connectivity index (χ0n) is 10.0. The monoisotopic (exact) mass is 226 g/mol. The molecule has 2 heteroatoms. The van der Waals surface area contributed by atoms with Gasteiger partial charge in [-0.2, -0.15) is 0 Å². The van der Waals surface area contributed by atoms with E-state index in [4.69, 9.17) is 0 Å². The number of nitrogens with zero attached hydrogens (tertiary/aromatic N) is 1. The van der Waals surface area contributed by atoms with Crippen molar-refractivity contribution in [3.8, 4) is 0 Å². The first-order chi connectivity index (χ1) is 8.42. The zero-order chi connectivity index (χ0) is 11.5. The van der Waals surface area contributed by atoms with Crippen molar-refractivity contribution in [3.63, 3.8) is 0 Å². The highest BCUT2D eigenvalue weighted by atomic mass is 14.8. The molecule has 88 valence electrons. The number of hydrogen-bond acceptors (Lipinski definition) is 2. The van der Waals surface area contributed by atoms with Gasteiger partial charge in [-0.25, -0.2) is 0 Å². The maximum absolute atomic E-state index is 4.13. The van der Waals surface area contributed by atoms with Crippen LogP contribution >= 0.6 is 0 Å². The average Bonchev–Trinajstić information content (AvgIpc) is 3.18. The molecule has 0 atom stereocenters. The van der Waals surface area contributed by atoms with E-state index in [2.05, 4.69) is 34.6 Å². The van der Waals surface area contributed by atoms with Gasteiger partial charge in [-0.3, -0.25) is 4.98 Å². The molecule has 0 aliphatic heterocycles. The fourth-order valence-electron chi connectivity index (χ4n) is 2.19. The lowest BCUT2D eigenvalue weighted by atomic mass is 10.1. The first-order valence-corrected chi connectivity index (χ1v) is 6.45. The zero-order valence-corrected chi connectivity index (χ0v) is 10.0. The third-order valence-electron chi connectivity index (χ3n) is 3.46. The van der Waals surface area contributed by atoms with Crippen molar-refractivity contribution in [2.45, 2.75) is 25.8 Å². The number of benzene rings is 1. The summed E-state index contributed by atoms with van der Waals surface area (Å²) in [6, 6.07) is 8.67. The van der Waals surface area contributed by atoms with Crippen molar-refractivity contribution >= 4 is 10.8 Å². The van der Waals surface area contributed by atoms with Gasteiger partial charge < -0.3 is 5.32 Å². The number of fused-ring (bicyclic) bond motifs is 1. The Balaban J connectivity index is 1.59. The average molecular weight is 226 g/mol. The molecular formula is C15H18N2. The van der Waals surface area contributed by atoms with Gasteiger partial charge in [0.1, 0.15) is 0 Å².